The summed E-state index contributed by atoms with van der Waals surface area (Å²) < 4.78 is 28.3. The highest BCUT2D eigenvalue weighted by atomic mass is 16.7. The molecule has 10 nitrogen and oxygen atoms in total. The van der Waals surface area contributed by atoms with Crippen LogP contribution in [0.5, 0.6) is 0 Å². The van der Waals surface area contributed by atoms with E-state index >= 15 is 0 Å². The first kappa shape index (κ1) is 31.4. The summed E-state index contributed by atoms with van der Waals surface area (Å²) in [6.45, 7) is 4.51. The van der Waals surface area contributed by atoms with Crippen molar-refractivity contribution in [2.45, 2.75) is 69.9 Å². The Morgan fingerprint density at radius 2 is 0.930 bits per heavy atom. The molecule has 0 bridgehead atoms. The molecule has 0 spiro atoms. The number of carbonyl (C=O) groups excluding carboxylic acids is 4. The summed E-state index contributed by atoms with van der Waals surface area (Å²) in [4.78, 5) is 49.1. The van der Waals surface area contributed by atoms with E-state index in [0.29, 0.717) is 16.7 Å². The van der Waals surface area contributed by atoms with Crippen molar-refractivity contribution in [3.63, 3.8) is 0 Å². The third-order valence-corrected chi connectivity index (χ3v) is 7.16. The minimum atomic E-state index is -1.63. The van der Waals surface area contributed by atoms with Crippen LogP contribution < -0.4 is 0 Å². The molecule has 1 aliphatic heterocycles. The molecule has 0 radical (unpaired) electrons. The maximum Gasteiger partial charge on any atom is 0.305 e. The third-order valence-electron chi connectivity index (χ3n) is 7.16. The van der Waals surface area contributed by atoms with E-state index < -0.39 is 66.1 Å². The molecule has 4 rings (SSSR count). The van der Waals surface area contributed by atoms with E-state index in [1.54, 1.807) is 0 Å². The zero-order valence-electron chi connectivity index (χ0n) is 24.2. The van der Waals surface area contributed by atoms with Crippen molar-refractivity contribution in [2.75, 3.05) is 0 Å². The Morgan fingerprint density at radius 1 is 0.581 bits per heavy atom. The average molecular weight is 591 g/mol. The number of esters is 4. The van der Waals surface area contributed by atoms with Gasteiger partial charge in [0.1, 0.15) is 12.2 Å². The number of ether oxygens (including phenoxy) is 5. The van der Waals surface area contributed by atoms with E-state index in [4.69, 9.17) is 23.7 Å². The van der Waals surface area contributed by atoms with Gasteiger partial charge in [0.15, 0.2) is 12.2 Å². The summed E-state index contributed by atoms with van der Waals surface area (Å²) in [5.41, 5.74) is 0.642. The molecule has 43 heavy (non-hydrogen) atoms. The van der Waals surface area contributed by atoms with Crippen molar-refractivity contribution in [1.82, 2.24) is 0 Å². The van der Waals surface area contributed by atoms with Crippen LogP contribution in [0.2, 0.25) is 0 Å². The molecule has 10 heteroatoms. The fourth-order valence-corrected chi connectivity index (χ4v) is 5.68. The number of benzene rings is 3. The Balaban J connectivity index is 2.01. The zero-order chi connectivity index (χ0) is 31.1. The molecule has 1 fully saturated rings. The van der Waals surface area contributed by atoms with Crippen LogP contribution in [0.25, 0.3) is 0 Å². The Morgan fingerprint density at radius 3 is 1.30 bits per heavy atom. The maximum absolute atomic E-state index is 12.7. The van der Waals surface area contributed by atoms with Crippen LogP contribution in [-0.4, -0.2) is 65.8 Å². The zero-order valence-corrected chi connectivity index (χ0v) is 24.2. The third kappa shape index (κ3) is 6.76. The molecular weight excluding hydrogens is 556 g/mol. The first-order valence-corrected chi connectivity index (χ1v) is 13.7. The number of aliphatic hydroxyl groups excluding tert-OH is 1. The first-order valence-electron chi connectivity index (χ1n) is 13.7. The summed E-state index contributed by atoms with van der Waals surface area (Å²) in [6, 6.07) is 27.6. The molecule has 0 aliphatic carbocycles. The number of hydrogen-bond donors (Lipinski definition) is 1. The molecular formula is C33H34O10. The predicted octanol–water partition coefficient (Wildman–Crippen LogP) is 3.47. The van der Waals surface area contributed by atoms with E-state index in [2.05, 4.69) is 0 Å². The van der Waals surface area contributed by atoms with Crippen LogP contribution in [-0.2, 0) is 48.3 Å². The van der Waals surface area contributed by atoms with Crippen LogP contribution in [0.4, 0.5) is 0 Å². The molecule has 226 valence electrons. The summed E-state index contributed by atoms with van der Waals surface area (Å²) in [5, 5.41) is 12.7. The van der Waals surface area contributed by atoms with Crippen molar-refractivity contribution < 1.29 is 48.0 Å². The van der Waals surface area contributed by atoms with Crippen molar-refractivity contribution in [3.8, 4) is 0 Å². The average Bonchev–Trinajstić information content (AvgIpc) is 2.97. The SMILES string of the molecule is CC(=O)O[C@@H]1O[C@H]([C@@H](O)C(c2ccccc2)(c2ccccc2)c2ccccc2)[C@@H](OC(C)=O)[C@H](OC(C)=O)[C@H]1OC(C)=O. The lowest BCUT2D eigenvalue weighted by molar-refractivity contribution is -0.310. The first-order chi connectivity index (χ1) is 20.5. The van der Waals surface area contributed by atoms with Gasteiger partial charge in [0.05, 0.1) is 5.41 Å². The summed E-state index contributed by atoms with van der Waals surface area (Å²) >= 11 is 0. The predicted molar refractivity (Wildman–Crippen MR) is 152 cm³/mol. The van der Waals surface area contributed by atoms with Crippen LogP contribution >= 0.6 is 0 Å². The van der Waals surface area contributed by atoms with Gasteiger partial charge < -0.3 is 28.8 Å². The second-order valence-corrected chi connectivity index (χ2v) is 10.2. The van der Waals surface area contributed by atoms with E-state index in [1.165, 1.54) is 0 Å². The molecule has 1 aliphatic rings. The number of rotatable bonds is 9. The molecule has 0 unspecified atom stereocenters. The largest absolute Gasteiger partial charge is 0.456 e. The van der Waals surface area contributed by atoms with E-state index in [-0.39, 0.29) is 0 Å². The maximum atomic E-state index is 12.7. The lowest BCUT2D eigenvalue weighted by Gasteiger charge is -2.49. The minimum absolute atomic E-state index is 0.667. The summed E-state index contributed by atoms with van der Waals surface area (Å²) in [5.74, 6) is -3.16. The quantitative estimate of drug-likeness (QED) is 0.224. The standard InChI is InChI=1S/C33H34O10/c1-20(34)39-27-28(40-21(2)35)30(41-22(3)36)32(42-23(4)37)43-29(27)31(38)33(24-14-8-5-9-15-24,25-16-10-6-11-17-25)26-18-12-7-13-19-26/h5-19,27-32,38H,1-4H3/t27-,28-,29-,30+,31+,32+/m0/s1. The van der Waals surface area contributed by atoms with E-state index in [1.807, 2.05) is 91.0 Å². The van der Waals surface area contributed by atoms with Crippen molar-refractivity contribution in [1.29, 1.82) is 0 Å². The number of aliphatic hydroxyl groups is 1. The molecule has 1 saturated heterocycles. The molecule has 3 aromatic carbocycles. The molecule has 0 amide bonds. The normalized spacial score (nSPS) is 22.5. The second-order valence-electron chi connectivity index (χ2n) is 10.2. The smallest absolute Gasteiger partial charge is 0.305 e. The van der Waals surface area contributed by atoms with Gasteiger partial charge in [-0.15, -0.1) is 0 Å². The van der Waals surface area contributed by atoms with Gasteiger partial charge in [-0.25, -0.2) is 0 Å². The highest BCUT2D eigenvalue weighted by Crippen LogP contribution is 2.46. The molecule has 1 heterocycles. The van der Waals surface area contributed by atoms with Gasteiger partial charge in [-0.2, -0.15) is 0 Å². The number of carbonyl (C=O) groups is 4. The van der Waals surface area contributed by atoms with Gasteiger partial charge >= 0.3 is 23.9 Å². The van der Waals surface area contributed by atoms with E-state index in [9.17, 15) is 24.3 Å². The fourth-order valence-electron chi connectivity index (χ4n) is 5.68. The van der Waals surface area contributed by atoms with Gasteiger partial charge in [-0.1, -0.05) is 91.0 Å². The molecule has 1 N–H and O–H groups in total. The highest BCUT2D eigenvalue weighted by molar-refractivity contribution is 5.69. The van der Waals surface area contributed by atoms with Gasteiger partial charge in [0, 0.05) is 27.7 Å². The van der Waals surface area contributed by atoms with Gasteiger partial charge in [0.25, 0.3) is 0 Å². The lowest BCUT2D eigenvalue weighted by Crippen LogP contribution is -2.67. The fraction of sp³-hybridized carbons (Fsp3) is 0.333. The Bertz CT molecular complexity index is 1310. The van der Waals surface area contributed by atoms with Crippen LogP contribution in [0.15, 0.2) is 91.0 Å². The lowest BCUT2D eigenvalue weighted by atomic mass is 9.63. The highest BCUT2D eigenvalue weighted by Gasteiger charge is 2.59. The topological polar surface area (TPSA) is 135 Å². The Kier molecular flexibility index (Phi) is 9.95. The van der Waals surface area contributed by atoms with Crippen LogP contribution in [0, 0.1) is 0 Å². The Hall–Kier alpha value is -4.54. The van der Waals surface area contributed by atoms with Crippen LogP contribution in [0.3, 0.4) is 0 Å². The molecule has 0 aromatic heterocycles. The van der Waals surface area contributed by atoms with Crippen molar-refractivity contribution >= 4 is 23.9 Å². The van der Waals surface area contributed by atoms with Gasteiger partial charge in [-0.3, -0.25) is 19.2 Å². The molecule has 3 aromatic rings. The Labute approximate surface area is 249 Å². The van der Waals surface area contributed by atoms with Crippen LogP contribution in [0.1, 0.15) is 44.4 Å². The summed E-state index contributed by atoms with van der Waals surface area (Å²) in [6.07, 6.45) is -9.20. The number of hydrogen-bond acceptors (Lipinski definition) is 10. The van der Waals surface area contributed by atoms with Crippen molar-refractivity contribution in [3.05, 3.63) is 108 Å². The monoisotopic (exact) mass is 590 g/mol. The molecule has 6 atom stereocenters. The minimum Gasteiger partial charge on any atom is -0.456 e. The summed E-state index contributed by atoms with van der Waals surface area (Å²) in [7, 11) is 0. The molecule has 0 saturated carbocycles. The van der Waals surface area contributed by atoms with Gasteiger partial charge in [-0.05, 0) is 16.7 Å². The van der Waals surface area contributed by atoms with Crippen molar-refractivity contribution in [2.24, 2.45) is 0 Å². The van der Waals surface area contributed by atoms with E-state index in [0.717, 1.165) is 27.7 Å². The second kappa shape index (κ2) is 13.6. The van der Waals surface area contributed by atoms with Gasteiger partial charge in [0.2, 0.25) is 12.4 Å².